The third-order valence-electron chi connectivity index (χ3n) is 3.31. The normalized spacial score (nSPS) is 9.91. The standard InChI is InChI=1S/C16H15N3O2.C2H6/c1-10-2-7-16(20)13(8-10)15-9-14(18-19-15)11-3-5-12(21-17)6-4-11;1-2/h2-9,20H,17H2,1H3,(H,18,19);1-2H3. The van der Waals surface area contributed by atoms with Crippen molar-refractivity contribution in [2.45, 2.75) is 20.8 Å². The molecule has 0 spiro atoms. The molecule has 5 heteroatoms. The lowest BCUT2D eigenvalue weighted by Gasteiger charge is -2.02. The van der Waals surface area contributed by atoms with Gasteiger partial charge in [-0.25, -0.2) is 0 Å². The van der Waals surface area contributed by atoms with Crippen LogP contribution >= 0.6 is 0 Å². The molecule has 0 radical (unpaired) electrons. The Balaban J connectivity index is 0.000000924. The second-order valence-corrected chi connectivity index (χ2v) is 4.83. The Bertz CT molecular complexity index is 764. The number of rotatable bonds is 3. The van der Waals surface area contributed by atoms with E-state index < -0.39 is 0 Å². The number of nitrogens with zero attached hydrogens (tertiary/aromatic N) is 1. The molecule has 5 nitrogen and oxygen atoms in total. The maximum Gasteiger partial charge on any atom is 0.146 e. The molecule has 0 saturated carbocycles. The topological polar surface area (TPSA) is 84.2 Å². The van der Waals surface area contributed by atoms with E-state index in [-0.39, 0.29) is 5.75 Å². The van der Waals surface area contributed by atoms with Crippen LogP contribution in [0.2, 0.25) is 0 Å². The van der Waals surface area contributed by atoms with Crippen molar-refractivity contribution in [2.75, 3.05) is 0 Å². The fourth-order valence-corrected chi connectivity index (χ4v) is 2.18. The Morgan fingerprint density at radius 1 is 1.04 bits per heavy atom. The number of aromatic hydroxyl groups is 1. The predicted octanol–water partition coefficient (Wildman–Crippen LogP) is 4.04. The van der Waals surface area contributed by atoms with Gasteiger partial charge in [0.1, 0.15) is 11.5 Å². The van der Waals surface area contributed by atoms with Crippen molar-refractivity contribution in [1.29, 1.82) is 0 Å². The van der Waals surface area contributed by atoms with Gasteiger partial charge in [0.15, 0.2) is 0 Å². The van der Waals surface area contributed by atoms with Crippen LogP contribution in [0, 0.1) is 6.92 Å². The molecule has 2 aromatic carbocycles. The van der Waals surface area contributed by atoms with Crippen LogP contribution in [0.3, 0.4) is 0 Å². The molecule has 3 aromatic rings. The van der Waals surface area contributed by atoms with E-state index in [1.54, 1.807) is 18.2 Å². The van der Waals surface area contributed by atoms with Crippen LogP contribution in [0.5, 0.6) is 11.5 Å². The molecule has 0 aliphatic heterocycles. The van der Waals surface area contributed by atoms with E-state index in [1.165, 1.54) is 0 Å². The first-order chi connectivity index (χ1) is 11.2. The molecule has 0 aliphatic rings. The molecule has 0 fully saturated rings. The van der Waals surface area contributed by atoms with Crippen LogP contribution in [0.25, 0.3) is 22.5 Å². The zero-order chi connectivity index (χ0) is 16.8. The van der Waals surface area contributed by atoms with Gasteiger partial charge in [0, 0.05) is 11.1 Å². The summed E-state index contributed by atoms with van der Waals surface area (Å²) in [5, 5.41) is 17.2. The number of aryl methyl sites for hydroxylation is 1. The molecule has 0 atom stereocenters. The average Bonchev–Trinajstić information content (AvgIpc) is 3.09. The molecule has 23 heavy (non-hydrogen) atoms. The summed E-state index contributed by atoms with van der Waals surface area (Å²) in [6.45, 7) is 5.98. The number of aromatic nitrogens is 2. The first-order valence-corrected chi connectivity index (χ1v) is 7.50. The van der Waals surface area contributed by atoms with Gasteiger partial charge in [-0.15, -0.1) is 0 Å². The minimum absolute atomic E-state index is 0.225. The summed E-state index contributed by atoms with van der Waals surface area (Å²) in [4.78, 5) is 4.65. The number of phenolic OH excluding ortho intramolecular Hbond substituents is 1. The molecule has 0 unspecified atom stereocenters. The van der Waals surface area contributed by atoms with Crippen LogP contribution in [0.15, 0.2) is 48.5 Å². The second-order valence-electron chi connectivity index (χ2n) is 4.83. The highest BCUT2D eigenvalue weighted by Gasteiger charge is 2.09. The fraction of sp³-hybridized carbons (Fsp3) is 0.167. The van der Waals surface area contributed by atoms with Gasteiger partial charge in [0.2, 0.25) is 0 Å². The smallest absolute Gasteiger partial charge is 0.146 e. The van der Waals surface area contributed by atoms with E-state index in [1.807, 2.05) is 51.1 Å². The zero-order valence-electron chi connectivity index (χ0n) is 13.5. The molecule has 1 heterocycles. The number of aromatic amines is 1. The van der Waals surface area contributed by atoms with Crippen LogP contribution in [-0.2, 0) is 0 Å². The number of hydrogen-bond donors (Lipinski definition) is 3. The number of benzene rings is 2. The number of H-pyrrole nitrogens is 1. The number of phenols is 1. The average molecular weight is 311 g/mol. The quantitative estimate of drug-likeness (QED) is 0.637. The first kappa shape index (κ1) is 16.6. The monoisotopic (exact) mass is 311 g/mol. The van der Waals surface area contributed by atoms with Crippen LogP contribution in [0.1, 0.15) is 19.4 Å². The van der Waals surface area contributed by atoms with Gasteiger partial charge < -0.3 is 9.94 Å². The molecular formula is C18H21N3O2. The maximum atomic E-state index is 9.96. The SMILES string of the molecule is CC.Cc1ccc(O)c(-c2cc(-c3ccc(ON)cc3)n[nH]2)c1. The van der Waals surface area contributed by atoms with Crippen molar-refractivity contribution in [2.24, 2.45) is 5.90 Å². The van der Waals surface area contributed by atoms with Crippen molar-refractivity contribution >= 4 is 0 Å². The highest BCUT2D eigenvalue weighted by atomic mass is 16.6. The molecule has 4 N–H and O–H groups in total. The van der Waals surface area contributed by atoms with E-state index in [9.17, 15) is 5.11 Å². The summed E-state index contributed by atoms with van der Waals surface area (Å²) in [6, 6.07) is 14.6. The van der Waals surface area contributed by atoms with Crippen molar-refractivity contribution < 1.29 is 9.94 Å². The van der Waals surface area contributed by atoms with Gasteiger partial charge in [-0.1, -0.05) is 25.5 Å². The van der Waals surface area contributed by atoms with Gasteiger partial charge in [0.25, 0.3) is 0 Å². The highest BCUT2D eigenvalue weighted by molar-refractivity contribution is 5.72. The lowest BCUT2D eigenvalue weighted by atomic mass is 10.1. The predicted molar refractivity (Wildman–Crippen MR) is 92.0 cm³/mol. The van der Waals surface area contributed by atoms with E-state index in [2.05, 4.69) is 15.0 Å². The van der Waals surface area contributed by atoms with Gasteiger partial charge in [0.05, 0.1) is 11.4 Å². The third-order valence-corrected chi connectivity index (χ3v) is 3.31. The van der Waals surface area contributed by atoms with Gasteiger partial charge in [-0.05, 0) is 49.4 Å². The molecule has 120 valence electrons. The summed E-state index contributed by atoms with van der Waals surface area (Å²) in [7, 11) is 0. The van der Waals surface area contributed by atoms with E-state index in [0.717, 1.165) is 28.1 Å². The lowest BCUT2D eigenvalue weighted by Crippen LogP contribution is -2.01. The number of nitrogens with one attached hydrogen (secondary N) is 1. The van der Waals surface area contributed by atoms with Crippen molar-refractivity contribution in [3.8, 4) is 34.0 Å². The minimum atomic E-state index is 0.225. The summed E-state index contributed by atoms with van der Waals surface area (Å²) >= 11 is 0. The van der Waals surface area contributed by atoms with Crippen molar-refractivity contribution in [1.82, 2.24) is 10.2 Å². The maximum absolute atomic E-state index is 9.96. The molecule has 0 bridgehead atoms. The van der Waals surface area contributed by atoms with Gasteiger partial charge >= 0.3 is 0 Å². The summed E-state index contributed by atoms with van der Waals surface area (Å²) < 4.78 is 0. The van der Waals surface area contributed by atoms with Crippen molar-refractivity contribution in [3.63, 3.8) is 0 Å². The van der Waals surface area contributed by atoms with Crippen LogP contribution in [0.4, 0.5) is 0 Å². The molecule has 0 saturated heterocycles. The van der Waals surface area contributed by atoms with E-state index in [0.29, 0.717) is 5.75 Å². The Morgan fingerprint density at radius 3 is 2.39 bits per heavy atom. The molecule has 0 aliphatic carbocycles. The fourth-order valence-electron chi connectivity index (χ4n) is 2.18. The second kappa shape index (κ2) is 7.47. The molecule has 0 amide bonds. The van der Waals surface area contributed by atoms with E-state index in [4.69, 9.17) is 5.90 Å². The summed E-state index contributed by atoms with van der Waals surface area (Å²) in [5.74, 6) is 5.91. The molecule has 1 aromatic heterocycles. The Morgan fingerprint density at radius 2 is 1.74 bits per heavy atom. The Labute approximate surface area is 135 Å². The zero-order valence-corrected chi connectivity index (χ0v) is 13.5. The van der Waals surface area contributed by atoms with Gasteiger partial charge in [-0.3, -0.25) is 5.10 Å². The van der Waals surface area contributed by atoms with Crippen LogP contribution in [-0.4, -0.2) is 15.3 Å². The van der Waals surface area contributed by atoms with Gasteiger partial charge in [-0.2, -0.15) is 11.0 Å². The van der Waals surface area contributed by atoms with Crippen LogP contribution < -0.4 is 10.7 Å². The Hall–Kier alpha value is -2.79. The Kier molecular flexibility index (Phi) is 5.38. The summed E-state index contributed by atoms with van der Waals surface area (Å²) in [6.07, 6.45) is 0. The number of nitrogens with two attached hydrogens (primary N) is 1. The lowest BCUT2D eigenvalue weighted by molar-refractivity contribution is 0.334. The highest BCUT2D eigenvalue weighted by Crippen LogP contribution is 2.31. The largest absolute Gasteiger partial charge is 0.507 e. The summed E-state index contributed by atoms with van der Waals surface area (Å²) in [5.41, 5.74) is 4.30. The minimum Gasteiger partial charge on any atom is -0.507 e. The van der Waals surface area contributed by atoms with E-state index >= 15 is 0 Å². The molecular weight excluding hydrogens is 290 g/mol. The first-order valence-electron chi connectivity index (χ1n) is 7.50. The van der Waals surface area contributed by atoms with Crippen molar-refractivity contribution in [3.05, 3.63) is 54.1 Å². The number of hydrogen-bond acceptors (Lipinski definition) is 4. The third kappa shape index (κ3) is 3.70. The molecule has 3 rings (SSSR count).